The number of rotatable bonds is 8. The molecule has 0 fully saturated rings. The minimum absolute atomic E-state index is 0. The van der Waals surface area contributed by atoms with E-state index in [1.165, 1.54) is 10.4 Å². The smallest absolute Gasteiger partial charge is 0.191 e. The molecule has 2 N–H and O–H groups in total. The molecule has 0 aliphatic rings. The van der Waals surface area contributed by atoms with E-state index in [-0.39, 0.29) is 29.4 Å². The van der Waals surface area contributed by atoms with Crippen LogP contribution < -0.4 is 10.6 Å². The van der Waals surface area contributed by atoms with E-state index in [0.717, 1.165) is 31.3 Å². The molecule has 0 amide bonds. The summed E-state index contributed by atoms with van der Waals surface area (Å²) in [5.74, 6) is 1.80. The fourth-order valence-corrected chi connectivity index (χ4v) is 3.90. The van der Waals surface area contributed by atoms with Crippen LogP contribution in [0.5, 0.6) is 0 Å². The monoisotopic (exact) mass is 523 g/mol. The SMILES string of the molecule is CN=C(NCc1nccn1CCc1ccccc1)NCC(C)(C)c1cccs1.I. The minimum Gasteiger partial charge on any atom is -0.356 e. The molecule has 156 valence electrons. The predicted octanol–water partition coefficient (Wildman–Crippen LogP) is 4.45. The summed E-state index contributed by atoms with van der Waals surface area (Å²) in [6.07, 6.45) is 4.89. The van der Waals surface area contributed by atoms with Crippen molar-refractivity contribution in [1.82, 2.24) is 20.2 Å². The molecule has 0 bridgehead atoms. The summed E-state index contributed by atoms with van der Waals surface area (Å²) in [6.45, 7) is 6.86. The summed E-state index contributed by atoms with van der Waals surface area (Å²) < 4.78 is 2.20. The second-order valence-electron chi connectivity index (χ2n) is 7.41. The maximum atomic E-state index is 4.50. The number of benzene rings is 1. The normalized spacial score (nSPS) is 11.8. The van der Waals surface area contributed by atoms with Crippen LogP contribution in [0.15, 0.2) is 65.2 Å². The summed E-state index contributed by atoms with van der Waals surface area (Å²) in [5.41, 5.74) is 1.39. The topological polar surface area (TPSA) is 54.2 Å². The molecule has 3 aromatic rings. The Labute approximate surface area is 194 Å². The molecule has 29 heavy (non-hydrogen) atoms. The van der Waals surface area contributed by atoms with Crippen molar-refractivity contribution >= 4 is 41.3 Å². The van der Waals surface area contributed by atoms with Crippen LogP contribution in [0.3, 0.4) is 0 Å². The van der Waals surface area contributed by atoms with Gasteiger partial charge in [-0.15, -0.1) is 35.3 Å². The summed E-state index contributed by atoms with van der Waals surface area (Å²) in [6, 6.07) is 14.8. The van der Waals surface area contributed by atoms with Gasteiger partial charge in [0.1, 0.15) is 5.82 Å². The Balaban J connectivity index is 0.00000300. The Bertz CT molecular complexity index is 872. The van der Waals surface area contributed by atoms with Crippen LogP contribution in [-0.4, -0.2) is 29.1 Å². The molecule has 7 heteroatoms. The van der Waals surface area contributed by atoms with Gasteiger partial charge in [-0.1, -0.05) is 50.2 Å². The first kappa shape index (κ1) is 23.4. The van der Waals surface area contributed by atoms with Crippen LogP contribution in [0.4, 0.5) is 0 Å². The van der Waals surface area contributed by atoms with Crippen molar-refractivity contribution in [2.75, 3.05) is 13.6 Å². The van der Waals surface area contributed by atoms with E-state index < -0.39 is 0 Å². The molecule has 0 aliphatic heterocycles. The zero-order valence-electron chi connectivity index (χ0n) is 17.3. The largest absolute Gasteiger partial charge is 0.356 e. The molecule has 5 nitrogen and oxygen atoms in total. The maximum Gasteiger partial charge on any atom is 0.191 e. The Kier molecular flexibility index (Phi) is 9.16. The standard InChI is InChI=1S/C22H29N5S.HI/c1-22(2,19-10-7-15-28-19)17-26-21(23-3)25-16-20-24-12-14-27(20)13-11-18-8-5-4-6-9-18;/h4-10,12,14-15H,11,13,16-17H2,1-3H3,(H2,23,25,26);1H. The fourth-order valence-electron chi connectivity index (χ4n) is 3.04. The third-order valence-corrected chi connectivity index (χ3v) is 6.05. The van der Waals surface area contributed by atoms with E-state index in [1.807, 2.05) is 12.4 Å². The van der Waals surface area contributed by atoms with Crippen LogP contribution in [0.25, 0.3) is 0 Å². The van der Waals surface area contributed by atoms with E-state index in [1.54, 1.807) is 18.4 Å². The number of aromatic nitrogens is 2. The van der Waals surface area contributed by atoms with Gasteiger partial charge in [0.05, 0.1) is 6.54 Å². The Morgan fingerprint density at radius 1 is 1.14 bits per heavy atom. The highest BCUT2D eigenvalue weighted by Crippen LogP contribution is 2.26. The van der Waals surface area contributed by atoms with Crippen LogP contribution in [0.1, 0.15) is 30.1 Å². The molecule has 0 aliphatic carbocycles. The zero-order chi connectivity index (χ0) is 19.8. The van der Waals surface area contributed by atoms with Gasteiger partial charge in [0.2, 0.25) is 0 Å². The van der Waals surface area contributed by atoms with Crippen molar-refractivity contribution < 1.29 is 0 Å². The number of halogens is 1. The highest BCUT2D eigenvalue weighted by Gasteiger charge is 2.22. The number of nitrogens with zero attached hydrogens (tertiary/aromatic N) is 3. The van der Waals surface area contributed by atoms with Crippen molar-refractivity contribution in [1.29, 1.82) is 0 Å². The average Bonchev–Trinajstić information content (AvgIpc) is 3.40. The van der Waals surface area contributed by atoms with Gasteiger partial charge in [-0.25, -0.2) is 4.98 Å². The lowest BCUT2D eigenvalue weighted by Crippen LogP contribution is -2.43. The molecule has 0 unspecified atom stereocenters. The van der Waals surface area contributed by atoms with Crippen LogP contribution in [0.2, 0.25) is 0 Å². The van der Waals surface area contributed by atoms with Gasteiger partial charge in [0.15, 0.2) is 5.96 Å². The zero-order valence-corrected chi connectivity index (χ0v) is 20.4. The van der Waals surface area contributed by atoms with Gasteiger partial charge in [0, 0.05) is 42.8 Å². The van der Waals surface area contributed by atoms with Crippen molar-refractivity contribution in [3.8, 4) is 0 Å². The predicted molar refractivity (Wildman–Crippen MR) is 133 cm³/mol. The lowest BCUT2D eigenvalue weighted by Gasteiger charge is -2.25. The molecule has 2 aromatic heterocycles. The number of nitrogens with one attached hydrogen (secondary N) is 2. The number of aliphatic imine (C=N–C) groups is 1. The third-order valence-electron chi connectivity index (χ3n) is 4.81. The van der Waals surface area contributed by atoms with Crippen molar-refractivity contribution in [2.45, 2.75) is 38.8 Å². The fraction of sp³-hybridized carbons (Fsp3) is 0.364. The highest BCUT2D eigenvalue weighted by molar-refractivity contribution is 14.0. The molecule has 3 rings (SSSR count). The molecular weight excluding hydrogens is 493 g/mol. The molecule has 0 spiro atoms. The number of thiophene rings is 1. The second kappa shape index (κ2) is 11.3. The summed E-state index contributed by atoms with van der Waals surface area (Å²) in [4.78, 5) is 10.2. The number of guanidine groups is 1. The number of hydrogen-bond acceptors (Lipinski definition) is 3. The Morgan fingerprint density at radius 3 is 2.62 bits per heavy atom. The number of aryl methyl sites for hydroxylation is 2. The van der Waals surface area contributed by atoms with Crippen molar-refractivity contribution in [3.63, 3.8) is 0 Å². The van der Waals surface area contributed by atoms with Gasteiger partial charge < -0.3 is 15.2 Å². The lowest BCUT2D eigenvalue weighted by atomic mass is 9.91. The van der Waals surface area contributed by atoms with Crippen LogP contribution >= 0.6 is 35.3 Å². The van der Waals surface area contributed by atoms with E-state index in [0.29, 0.717) is 6.54 Å². The lowest BCUT2D eigenvalue weighted by molar-refractivity contribution is 0.517. The van der Waals surface area contributed by atoms with E-state index >= 15 is 0 Å². The average molecular weight is 523 g/mol. The molecule has 0 atom stereocenters. The first-order chi connectivity index (χ1) is 13.6. The first-order valence-electron chi connectivity index (χ1n) is 9.61. The quantitative estimate of drug-likeness (QED) is 0.261. The Hall–Kier alpha value is -1.87. The molecule has 0 saturated carbocycles. The maximum absolute atomic E-state index is 4.50. The summed E-state index contributed by atoms with van der Waals surface area (Å²) >= 11 is 1.79. The molecule has 1 aromatic carbocycles. The van der Waals surface area contributed by atoms with Gasteiger partial charge >= 0.3 is 0 Å². The molecule has 0 saturated heterocycles. The summed E-state index contributed by atoms with van der Waals surface area (Å²) in [7, 11) is 1.80. The van der Waals surface area contributed by atoms with E-state index in [9.17, 15) is 0 Å². The van der Waals surface area contributed by atoms with Gasteiger partial charge in [-0.2, -0.15) is 0 Å². The van der Waals surface area contributed by atoms with E-state index in [2.05, 4.69) is 86.9 Å². The number of imidazole rings is 1. The van der Waals surface area contributed by atoms with Gasteiger partial charge in [0.25, 0.3) is 0 Å². The van der Waals surface area contributed by atoms with Crippen molar-refractivity contribution in [2.24, 2.45) is 4.99 Å². The van der Waals surface area contributed by atoms with Crippen LogP contribution in [0, 0.1) is 0 Å². The second-order valence-corrected chi connectivity index (χ2v) is 8.36. The Morgan fingerprint density at radius 2 is 1.93 bits per heavy atom. The van der Waals surface area contributed by atoms with Crippen molar-refractivity contribution in [3.05, 3.63) is 76.5 Å². The van der Waals surface area contributed by atoms with Gasteiger partial charge in [-0.3, -0.25) is 4.99 Å². The molecular formula is C22H30IN5S. The minimum atomic E-state index is 0. The summed E-state index contributed by atoms with van der Waals surface area (Å²) in [5, 5.41) is 8.96. The highest BCUT2D eigenvalue weighted by atomic mass is 127. The molecule has 2 heterocycles. The first-order valence-corrected chi connectivity index (χ1v) is 10.5. The van der Waals surface area contributed by atoms with Gasteiger partial charge in [-0.05, 0) is 23.4 Å². The van der Waals surface area contributed by atoms with E-state index in [4.69, 9.17) is 0 Å². The number of hydrogen-bond donors (Lipinski definition) is 2. The third kappa shape index (κ3) is 6.85. The van der Waals surface area contributed by atoms with Crippen LogP contribution in [-0.2, 0) is 24.9 Å². The molecule has 0 radical (unpaired) electrons.